The fourth-order valence-corrected chi connectivity index (χ4v) is 1.72. The van der Waals surface area contributed by atoms with Gasteiger partial charge in [-0.2, -0.15) is 0 Å². The van der Waals surface area contributed by atoms with Crippen LogP contribution in [0.3, 0.4) is 0 Å². The average molecular weight is 196 g/mol. The van der Waals surface area contributed by atoms with Gasteiger partial charge in [-0.25, -0.2) is 0 Å². The van der Waals surface area contributed by atoms with Crippen LogP contribution in [0.2, 0.25) is 0 Å². The second-order valence-corrected chi connectivity index (χ2v) is 3.72. The Morgan fingerprint density at radius 2 is 2.43 bits per heavy atom. The van der Waals surface area contributed by atoms with Crippen molar-refractivity contribution < 1.29 is 14.3 Å². The lowest BCUT2D eigenvalue weighted by molar-refractivity contribution is -0.0543. The maximum atomic E-state index is 9.99. The lowest BCUT2D eigenvalue weighted by Gasteiger charge is -2.20. The summed E-state index contributed by atoms with van der Waals surface area (Å²) in [5.74, 6) is 1.12. The summed E-state index contributed by atoms with van der Waals surface area (Å²) >= 11 is 0. The van der Waals surface area contributed by atoms with Crippen molar-refractivity contribution in [1.29, 1.82) is 0 Å². The molecule has 3 heteroatoms. The van der Waals surface area contributed by atoms with Crippen molar-refractivity contribution in [3.8, 4) is 0 Å². The first-order valence-electron chi connectivity index (χ1n) is 5.16. The number of hydrogen-bond donors (Lipinski definition) is 1. The first-order chi connectivity index (χ1) is 6.83. The molecule has 1 N–H and O–H groups in total. The van der Waals surface area contributed by atoms with Crippen LogP contribution in [0.5, 0.6) is 0 Å². The number of aliphatic hydroxyl groups is 1. The minimum Gasteiger partial charge on any atom is -0.466 e. The van der Waals surface area contributed by atoms with Crippen LogP contribution < -0.4 is 0 Å². The maximum absolute atomic E-state index is 9.99. The predicted octanol–water partition coefficient (Wildman–Crippen LogP) is 2.13. The van der Waals surface area contributed by atoms with E-state index in [9.17, 15) is 5.11 Å². The zero-order valence-corrected chi connectivity index (χ0v) is 8.35. The van der Waals surface area contributed by atoms with Gasteiger partial charge in [-0.1, -0.05) is 0 Å². The van der Waals surface area contributed by atoms with Crippen molar-refractivity contribution in [2.24, 2.45) is 5.92 Å². The molecule has 14 heavy (non-hydrogen) atoms. The second-order valence-electron chi connectivity index (χ2n) is 3.72. The number of furan rings is 1. The molecular formula is C11H16O3. The van der Waals surface area contributed by atoms with Crippen molar-refractivity contribution in [3.63, 3.8) is 0 Å². The molecule has 0 aromatic carbocycles. The molecule has 0 saturated heterocycles. The number of rotatable bonds is 5. The molecule has 1 aromatic heterocycles. The van der Waals surface area contributed by atoms with Crippen LogP contribution in [0.4, 0.5) is 0 Å². The lowest BCUT2D eigenvalue weighted by atomic mass is 10.1. The van der Waals surface area contributed by atoms with Gasteiger partial charge in [0.2, 0.25) is 0 Å². The fourth-order valence-electron chi connectivity index (χ4n) is 1.72. The Bertz CT molecular complexity index is 264. The molecule has 1 aromatic rings. The van der Waals surface area contributed by atoms with Gasteiger partial charge < -0.3 is 14.3 Å². The van der Waals surface area contributed by atoms with Crippen LogP contribution in [-0.4, -0.2) is 17.8 Å². The summed E-state index contributed by atoms with van der Waals surface area (Å²) in [6.07, 6.45) is 3.18. The zero-order valence-electron chi connectivity index (χ0n) is 8.35. The number of ether oxygens (including phenoxy) is 1. The summed E-state index contributed by atoms with van der Waals surface area (Å²) in [7, 11) is 0. The molecule has 1 heterocycles. The third kappa shape index (κ3) is 1.99. The average Bonchev–Trinajstić information content (AvgIpc) is 2.88. The molecule has 1 saturated carbocycles. The van der Waals surface area contributed by atoms with Crippen molar-refractivity contribution in [2.75, 3.05) is 6.61 Å². The highest BCUT2D eigenvalue weighted by Gasteiger charge is 2.38. The monoisotopic (exact) mass is 196 g/mol. The molecule has 78 valence electrons. The maximum Gasteiger partial charge on any atom is 0.138 e. The van der Waals surface area contributed by atoms with Crippen LogP contribution in [0.25, 0.3) is 0 Å². The van der Waals surface area contributed by atoms with E-state index in [1.807, 2.05) is 6.92 Å². The number of hydrogen-bond acceptors (Lipinski definition) is 3. The van der Waals surface area contributed by atoms with Crippen molar-refractivity contribution in [1.82, 2.24) is 0 Å². The van der Waals surface area contributed by atoms with Gasteiger partial charge in [0.1, 0.15) is 11.9 Å². The summed E-state index contributed by atoms with van der Waals surface area (Å²) in [5.41, 5.74) is 0. The van der Waals surface area contributed by atoms with Gasteiger partial charge in [0.15, 0.2) is 0 Å². The van der Waals surface area contributed by atoms with Crippen LogP contribution in [0.1, 0.15) is 31.6 Å². The summed E-state index contributed by atoms with van der Waals surface area (Å²) in [4.78, 5) is 0. The van der Waals surface area contributed by atoms with E-state index in [-0.39, 0.29) is 6.10 Å². The van der Waals surface area contributed by atoms with Crippen LogP contribution in [-0.2, 0) is 4.74 Å². The topological polar surface area (TPSA) is 42.6 Å². The quantitative estimate of drug-likeness (QED) is 0.784. The summed E-state index contributed by atoms with van der Waals surface area (Å²) in [5, 5.41) is 9.99. The van der Waals surface area contributed by atoms with E-state index >= 15 is 0 Å². The van der Waals surface area contributed by atoms with Crippen LogP contribution >= 0.6 is 0 Å². The Kier molecular flexibility index (Phi) is 2.89. The smallest absolute Gasteiger partial charge is 0.138 e. The minimum absolute atomic E-state index is 0.0915. The molecule has 0 spiro atoms. The highest BCUT2D eigenvalue weighted by Crippen LogP contribution is 2.40. The Hall–Kier alpha value is -0.800. The minimum atomic E-state index is -0.613. The molecule has 0 bridgehead atoms. The highest BCUT2D eigenvalue weighted by atomic mass is 16.5. The van der Waals surface area contributed by atoms with Crippen molar-refractivity contribution in [3.05, 3.63) is 24.2 Å². The van der Waals surface area contributed by atoms with E-state index < -0.39 is 6.10 Å². The zero-order chi connectivity index (χ0) is 9.97. The predicted molar refractivity (Wildman–Crippen MR) is 51.8 cm³/mol. The van der Waals surface area contributed by atoms with E-state index in [2.05, 4.69) is 0 Å². The molecule has 2 unspecified atom stereocenters. The van der Waals surface area contributed by atoms with Crippen LogP contribution in [0.15, 0.2) is 22.8 Å². The summed E-state index contributed by atoms with van der Waals surface area (Å²) < 4.78 is 10.7. The molecule has 1 aliphatic rings. The lowest BCUT2D eigenvalue weighted by Crippen LogP contribution is -2.24. The standard InChI is InChI=1S/C11H16O3/c1-2-13-11(8-5-6-8)10(12)9-4-3-7-14-9/h3-4,7-8,10-12H,2,5-6H2,1H3. The Labute approximate surface area is 83.7 Å². The Balaban J connectivity index is 2.02. The highest BCUT2D eigenvalue weighted by molar-refractivity contribution is 5.05. The molecule has 2 atom stereocenters. The SMILES string of the molecule is CCOC(C1CC1)C(O)c1ccco1. The van der Waals surface area contributed by atoms with E-state index in [0.29, 0.717) is 18.3 Å². The molecule has 0 aliphatic heterocycles. The first-order valence-corrected chi connectivity index (χ1v) is 5.16. The summed E-state index contributed by atoms with van der Waals surface area (Å²) in [6.45, 7) is 2.59. The third-order valence-electron chi connectivity index (χ3n) is 2.59. The largest absolute Gasteiger partial charge is 0.466 e. The molecular weight excluding hydrogens is 180 g/mol. The Morgan fingerprint density at radius 3 is 2.93 bits per heavy atom. The van der Waals surface area contributed by atoms with E-state index in [0.717, 1.165) is 12.8 Å². The first kappa shape index (κ1) is 9.74. The van der Waals surface area contributed by atoms with Crippen molar-refractivity contribution >= 4 is 0 Å². The van der Waals surface area contributed by atoms with Gasteiger partial charge in [-0.3, -0.25) is 0 Å². The van der Waals surface area contributed by atoms with Gasteiger partial charge in [0.05, 0.1) is 12.4 Å². The molecule has 3 nitrogen and oxygen atoms in total. The fraction of sp³-hybridized carbons (Fsp3) is 0.636. The van der Waals surface area contributed by atoms with E-state index in [4.69, 9.17) is 9.15 Å². The van der Waals surface area contributed by atoms with Gasteiger partial charge in [-0.05, 0) is 37.8 Å². The molecule has 2 rings (SSSR count). The van der Waals surface area contributed by atoms with Crippen molar-refractivity contribution in [2.45, 2.75) is 32.0 Å². The summed E-state index contributed by atoms with van der Waals surface area (Å²) in [6, 6.07) is 3.58. The van der Waals surface area contributed by atoms with Gasteiger partial charge in [-0.15, -0.1) is 0 Å². The Morgan fingerprint density at radius 1 is 1.64 bits per heavy atom. The van der Waals surface area contributed by atoms with Gasteiger partial charge in [0, 0.05) is 6.61 Å². The molecule has 1 fully saturated rings. The third-order valence-corrected chi connectivity index (χ3v) is 2.59. The molecule has 1 aliphatic carbocycles. The molecule has 0 amide bonds. The van der Waals surface area contributed by atoms with Gasteiger partial charge in [0.25, 0.3) is 0 Å². The molecule has 0 radical (unpaired) electrons. The van der Waals surface area contributed by atoms with Crippen LogP contribution in [0, 0.1) is 5.92 Å². The van der Waals surface area contributed by atoms with E-state index in [1.54, 1.807) is 18.4 Å². The normalized spacial score (nSPS) is 20.7. The second kappa shape index (κ2) is 4.15. The number of aliphatic hydroxyl groups excluding tert-OH is 1. The van der Waals surface area contributed by atoms with E-state index in [1.165, 1.54) is 0 Å². The van der Waals surface area contributed by atoms with Gasteiger partial charge >= 0.3 is 0 Å².